The maximum absolute atomic E-state index is 9.76. The second-order valence-electron chi connectivity index (χ2n) is 3.90. The Morgan fingerprint density at radius 1 is 1.22 bits per heavy atom. The van der Waals surface area contributed by atoms with Crippen molar-refractivity contribution in [1.82, 2.24) is 19.7 Å². The average molecular weight is 269 g/mol. The summed E-state index contributed by atoms with van der Waals surface area (Å²) in [5.41, 5.74) is 0.375. The van der Waals surface area contributed by atoms with Gasteiger partial charge in [-0.2, -0.15) is 5.10 Å². The molecule has 18 heavy (non-hydrogen) atoms. The molecule has 1 saturated heterocycles. The first-order chi connectivity index (χ1) is 8.59. The van der Waals surface area contributed by atoms with E-state index in [2.05, 4.69) is 15.1 Å². The van der Waals surface area contributed by atoms with Gasteiger partial charge in [-0.1, -0.05) is 5.03 Å². The molecule has 96 valence electrons. The largest absolute Gasteiger partial charge is 0.759 e. The summed E-state index contributed by atoms with van der Waals surface area (Å²) in [7, 11) is 0. The number of aliphatic hydroxyl groups excluding tert-OH is 3. The molecule has 1 aliphatic heterocycles. The number of aromatic nitrogens is 4. The number of hydrogen-bond donors (Lipinski definition) is 3. The lowest BCUT2D eigenvalue weighted by atomic mass is 10.2. The standard InChI is InChI=1S/C9H10N4O4S/c14-4-5(15)9(16)17-8(4)13-6-3(1-12-13)7(18)11-2-10-6/h1-2,4-5,8-9,14-16H,(H,10,11,18)/p-1/t4-,5+,8+,9-/m1/s1. The number of fused-ring (bicyclic) bond motifs is 1. The van der Waals surface area contributed by atoms with Crippen LogP contribution in [0.25, 0.3) is 11.0 Å². The molecule has 0 spiro atoms. The van der Waals surface area contributed by atoms with E-state index in [4.69, 9.17) is 17.4 Å². The smallest absolute Gasteiger partial charge is 0.186 e. The SMILES string of the molecule is O[C@@H]1[C@H](O)[C@H](O)O[C@@H]1n1ncc2c([S-])ncnc21. The topological polar surface area (TPSA) is 114 Å². The predicted octanol–water partition coefficient (Wildman–Crippen LogP) is -1.70. The van der Waals surface area contributed by atoms with Crippen LogP contribution in [0.1, 0.15) is 6.23 Å². The third kappa shape index (κ3) is 1.56. The Balaban J connectivity index is 2.08. The predicted molar refractivity (Wildman–Crippen MR) is 59.1 cm³/mol. The van der Waals surface area contributed by atoms with E-state index in [0.717, 1.165) is 0 Å². The van der Waals surface area contributed by atoms with Crippen molar-refractivity contribution in [3.8, 4) is 0 Å². The average Bonchev–Trinajstić information content (AvgIpc) is 2.88. The lowest BCUT2D eigenvalue weighted by molar-refractivity contribution is -0.143. The Morgan fingerprint density at radius 2 is 2.00 bits per heavy atom. The van der Waals surface area contributed by atoms with Gasteiger partial charge in [0.15, 0.2) is 18.2 Å². The molecule has 0 aromatic carbocycles. The minimum absolute atomic E-state index is 0.333. The summed E-state index contributed by atoms with van der Waals surface area (Å²) in [6, 6.07) is 0. The van der Waals surface area contributed by atoms with Crippen molar-refractivity contribution in [3.05, 3.63) is 12.5 Å². The van der Waals surface area contributed by atoms with Gasteiger partial charge >= 0.3 is 0 Å². The van der Waals surface area contributed by atoms with Gasteiger partial charge < -0.3 is 32.7 Å². The number of rotatable bonds is 1. The van der Waals surface area contributed by atoms with E-state index in [1.807, 2.05) is 0 Å². The van der Waals surface area contributed by atoms with Crippen molar-refractivity contribution in [2.75, 3.05) is 0 Å². The zero-order valence-electron chi connectivity index (χ0n) is 8.91. The lowest BCUT2D eigenvalue weighted by Crippen LogP contribution is -2.31. The highest BCUT2D eigenvalue weighted by Crippen LogP contribution is 2.30. The molecule has 3 rings (SSSR count). The molecule has 3 N–H and O–H groups in total. The zero-order valence-corrected chi connectivity index (χ0v) is 9.73. The molecule has 0 aliphatic carbocycles. The molecule has 3 heterocycles. The Hall–Kier alpha value is -1.39. The van der Waals surface area contributed by atoms with Crippen molar-refractivity contribution in [2.45, 2.75) is 29.8 Å². The van der Waals surface area contributed by atoms with Gasteiger partial charge in [0.05, 0.1) is 6.20 Å². The van der Waals surface area contributed by atoms with Gasteiger partial charge in [-0.25, -0.2) is 9.67 Å². The summed E-state index contributed by atoms with van der Waals surface area (Å²) in [6.07, 6.45) is -2.45. The van der Waals surface area contributed by atoms with E-state index in [-0.39, 0.29) is 0 Å². The van der Waals surface area contributed by atoms with Crippen LogP contribution in [0.5, 0.6) is 0 Å². The summed E-state index contributed by atoms with van der Waals surface area (Å²) in [4.78, 5) is 7.84. The third-order valence-electron chi connectivity index (χ3n) is 2.81. The van der Waals surface area contributed by atoms with Gasteiger partial charge in [-0.15, -0.1) is 0 Å². The van der Waals surface area contributed by atoms with E-state index in [1.165, 1.54) is 17.2 Å². The number of ether oxygens (including phenoxy) is 1. The van der Waals surface area contributed by atoms with Crippen LogP contribution in [0, 0.1) is 0 Å². The fraction of sp³-hybridized carbons (Fsp3) is 0.444. The molecule has 0 unspecified atom stereocenters. The molecule has 1 fully saturated rings. The molecule has 0 saturated carbocycles. The molecule has 0 radical (unpaired) electrons. The van der Waals surface area contributed by atoms with Gasteiger partial charge in [0.25, 0.3) is 0 Å². The Kier molecular flexibility index (Phi) is 2.64. The molecule has 1 aliphatic rings. The first-order valence-electron chi connectivity index (χ1n) is 5.14. The summed E-state index contributed by atoms with van der Waals surface area (Å²) in [6.45, 7) is 0. The van der Waals surface area contributed by atoms with Gasteiger partial charge in [-0.05, 0) is 0 Å². The molecule has 9 heteroatoms. The van der Waals surface area contributed by atoms with Crippen LogP contribution in [0.4, 0.5) is 0 Å². The summed E-state index contributed by atoms with van der Waals surface area (Å²) in [5.74, 6) is 0. The Bertz CT molecular complexity index is 591. The highest BCUT2D eigenvalue weighted by molar-refractivity contribution is 7.59. The molecule has 0 bridgehead atoms. The first kappa shape index (κ1) is 11.7. The molecule has 8 nitrogen and oxygen atoms in total. The summed E-state index contributed by atoms with van der Waals surface area (Å²) in [5, 5.41) is 33.4. The van der Waals surface area contributed by atoms with Crippen molar-refractivity contribution >= 4 is 23.7 Å². The van der Waals surface area contributed by atoms with E-state index < -0.39 is 24.7 Å². The van der Waals surface area contributed by atoms with E-state index in [1.54, 1.807) is 0 Å². The van der Waals surface area contributed by atoms with Gasteiger partial charge in [0, 0.05) is 5.39 Å². The highest BCUT2D eigenvalue weighted by atomic mass is 32.1. The van der Waals surface area contributed by atoms with E-state index in [0.29, 0.717) is 16.1 Å². The summed E-state index contributed by atoms with van der Waals surface area (Å²) < 4.78 is 6.30. The van der Waals surface area contributed by atoms with Crippen LogP contribution in [-0.4, -0.2) is 53.6 Å². The Labute approximate surface area is 106 Å². The molecular formula is C9H9N4O4S-. The zero-order chi connectivity index (χ0) is 12.9. The van der Waals surface area contributed by atoms with Gasteiger partial charge in [0.1, 0.15) is 18.5 Å². The van der Waals surface area contributed by atoms with E-state index >= 15 is 0 Å². The number of aliphatic hydroxyl groups is 3. The Morgan fingerprint density at radius 3 is 2.67 bits per heavy atom. The fourth-order valence-corrected chi connectivity index (χ4v) is 2.06. The van der Waals surface area contributed by atoms with Crippen molar-refractivity contribution in [2.24, 2.45) is 0 Å². The first-order valence-corrected chi connectivity index (χ1v) is 5.55. The van der Waals surface area contributed by atoms with Crippen molar-refractivity contribution < 1.29 is 20.1 Å². The number of hydrogen-bond acceptors (Lipinski definition) is 8. The van der Waals surface area contributed by atoms with Crippen LogP contribution in [0.2, 0.25) is 0 Å². The van der Waals surface area contributed by atoms with Crippen LogP contribution in [0.3, 0.4) is 0 Å². The van der Waals surface area contributed by atoms with Gasteiger partial charge in [-0.3, -0.25) is 4.98 Å². The third-order valence-corrected chi connectivity index (χ3v) is 3.13. The van der Waals surface area contributed by atoms with Crippen LogP contribution in [0.15, 0.2) is 17.6 Å². The van der Waals surface area contributed by atoms with Crippen LogP contribution >= 0.6 is 0 Å². The molecule has 2 aromatic rings. The maximum atomic E-state index is 9.76. The van der Waals surface area contributed by atoms with E-state index in [9.17, 15) is 15.3 Å². The maximum Gasteiger partial charge on any atom is 0.186 e. The molecule has 4 atom stereocenters. The minimum atomic E-state index is -1.46. The lowest BCUT2D eigenvalue weighted by Gasteiger charge is -2.15. The quantitative estimate of drug-likeness (QED) is 0.415. The van der Waals surface area contributed by atoms with Crippen molar-refractivity contribution in [3.63, 3.8) is 0 Å². The fourth-order valence-electron chi connectivity index (χ4n) is 1.87. The molecule has 2 aromatic heterocycles. The van der Waals surface area contributed by atoms with Crippen LogP contribution in [-0.2, 0) is 17.4 Å². The van der Waals surface area contributed by atoms with Crippen molar-refractivity contribution in [1.29, 1.82) is 0 Å². The van der Waals surface area contributed by atoms with Crippen LogP contribution < -0.4 is 0 Å². The minimum Gasteiger partial charge on any atom is -0.759 e. The second-order valence-corrected chi connectivity index (χ2v) is 4.29. The summed E-state index contributed by atoms with van der Waals surface area (Å²) >= 11 is 5.01. The monoisotopic (exact) mass is 269 g/mol. The molecular weight excluding hydrogens is 260 g/mol. The van der Waals surface area contributed by atoms with Gasteiger partial charge in [0.2, 0.25) is 0 Å². The second kappa shape index (κ2) is 4.07. The molecule has 0 amide bonds. The number of nitrogens with zero attached hydrogens (tertiary/aromatic N) is 4. The normalized spacial score (nSPS) is 32.2. The highest BCUT2D eigenvalue weighted by Gasteiger charge is 2.43.